The SMILES string of the molecule is CC[C@@]12CCCN1c1nc(CC(=O)c3ccccc3)ncc1-n1cnnc12. The number of ketones is 1. The summed E-state index contributed by atoms with van der Waals surface area (Å²) in [6, 6.07) is 9.29. The molecule has 2 aliphatic heterocycles. The fourth-order valence-corrected chi connectivity index (χ4v) is 4.40. The molecule has 1 atom stereocenters. The van der Waals surface area contributed by atoms with E-state index in [0.29, 0.717) is 11.4 Å². The molecule has 1 fully saturated rings. The molecule has 7 nitrogen and oxygen atoms in total. The molecule has 0 saturated carbocycles. The molecule has 0 unspecified atom stereocenters. The summed E-state index contributed by atoms with van der Waals surface area (Å²) in [6.45, 7) is 3.11. The number of Topliss-reactive ketones (excluding diaryl/α,β-unsaturated/α-hetero) is 1. The van der Waals surface area contributed by atoms with Crippen LogP contribution < -0.4 is 4.90 Å². The highest BCUT2D eigenvalue weighted by Crippen LogP contribution is 2.48. The van der Waals surface area contributed by atoms with Crippen molar-refractivity contribution in [3.05, 3.63) is 60.1 Å². The molecule has 0 N–H and O–H groups in total. The molecule has 7 heteroatoms. The van der Waals surface area contributed by atoms with E-state index in [1.165, 1.54) is 0 Å². The van der Waals surface area contributed by atoms with Gasteiger partial charge in [-0.05, 0) is 19.3 Å². The van der Waals surface area contributed by atoms with Gasteiger partial charge in [-0.25, -0.2) is 9.97 Å². The zero-order valence-electron chi connectivity index (χ0n) is 15.2. The van der Waals surface area contributed by atoms with E-state index in [1.807, 2.05) is 34.9 Å². The zero-order valence-corrected chi connectivity index (χ0v) is 15.2. The van der Waals surface area contributed by atoms with E-state index >= 15 is 0 Å². The molecule has 0 bridgehead atoms. The van der Waals surface area contributed by atoms with E-state index in [1.54, 1.807) is 12.5 Å². The van der Waals surface area contributed by atoms with Crippen molar-refractivity contribution in [1.82, 2.24) is 24.7 Å². The summed E-state index contributed by atoms with van der Waals surface area (Å²) in [5.74, 6) is 2.43. The van der Waals surface area contributed by atoms with Crippen LogP contribution in [-0.4, -0.2) is 37.1 Å². The van der Waals surface area contributed by atoms with Gasteiger partial charge >= 0.3 is 0 Å². The summed E-state index contributed by atoms with van der Waals surface area (Å²) in [5, 5.41) is 8.56. The summed E-state index contributed by atoms with van der Waals surface area (Å²) in [4.78, 5) is 24.2. The predicted molar refractivity (Wildman–Crippen MR) is 100.0 cm³/mol. The van der Waals surface area contributed by atoms with Crippen LogP contribution in [-0.2, 0) is 12.0 Å². The van der Waals surface area contributed by atoms with Gasteiger partial charge < -0.3 is 4.90 Å². The number of benzene rings is 1. The maximum Gasteiger partial charge on any atom is 0.170 e. The van der Waals surface area contributed by atoms with Crippen molar-refractivity contribution in [3.63, 3.8) is 0 Å². The Balaban J connectivity index is 1.56. The molecule has 4 heterocycles. The maximum absolute atomic E-state index is 12.6. The third-order valence-corrected chi connectivity index (χ3v) is 5.77. The molecule has 1 aromatic carbocycles. The molecule has 27 heavy (non-hydrogen) atoms. The number of nitrogens with zero attached hydrogens (tertiary/aromatic N) is 6. The van der Waals surface area contributed by atoms with Crippen LogP contribution in [0, 0.1) is 0 Å². The van der Waals surface area contributed by atoms with Gasteiger partial charge in [-0.2, -0.15) is 0 Å². The fourth-order valence-electron chi connectivity index (χ4n) is 4.40. The van der Waals surface area contributed by atoms with E-state index in [0.717, 1.165) is 43.1 Å². The van der Waals surface area contributed by atoms with Crippen molar-refractivity contribution in [3.8, 4) is 5.69 Å². The Bertz CT molecular complexity index is 1010. The molecule has 0 spiro atoms. The largest absolute Gasteiger partial charge is 0.342 e. The number of rotatable bonds is 4. The van der Waals surface area contributed by atoms with Gasteiger partial charge in [0.05, 0.1) is 12.6 Å². The summed E-state index contributed by atoms with van der Waals surface area (Å²) >= 11 is 0. The molecule has 5 rings (SSSR count). The third-order valence-electron chi connectivity index (χ3n) is 5.77. The number of hydrogen-bond donors (Lipinski definition) is 0. The van der Waals surface area contributed by atoms with Crippen molar-refractivity contribution >= 4 is 11.6 Å². The first kappa shape index (κ1) is 16.1. The Morgan fingerprint density at radius 3 is 2.93 bits per heavy atom. The highest BCUT2D eigenvalue weighted by atomic mass is 16.1. The Labute approximate surface area is 157 Å². The van der Waals surface area contributed by atoms with Crippen LogP contribution in [0.3, 0.4) is 0 Å². The van der Waals surface area contributed by atoms with Crippen LogP contribution in [0.15, 0.2) is 42.9 Å². The minimum absolute atomic E-state index is 0.0273. The van der Waals surface area contributed by atoms with Crippen molar-refractivity contribution in [1.29, 1.82) is 0 Å². The lowest BCUT2D eigenvalue weighted by molar-refractivity contribution is 0.0991. The molecule has 136 valence electrons. The van der Waals surface area contributed by atoms with Gasteiger partial charge in [0.25, 0.3) is 0 Å². The summed E-state index contributed by atoms with van der Waals surface area (Å²) < 4.78 is 2.00. The van der Waals surface area contributed by atoms with E-state index < -0.39 is 0 Å². The Morgan fingerprint density at radius 2 is 2.11 bits per heavy atom. The van der Waals surface area contributed by atoms with Crippen molar-refractivity contribution < 1.29 is 4.79 Å². The normalized spacial score (nSPS) is 20.1. The van der Waals surface area contributed by atoms with Crippen LogP contribution in [0.2, 0.25) is 0 Å². The molecular formula is C20H20N6O. The molecule has 0 radical (unpaired) electrons. The van der Waals surface area contributed by atoms with Crippen LogP contribution >= 0.6 is 0 Å². The zero-order chi connectivity index (χ0) is 18.4. The van der Waals surface area contributed by atoms with Gasteiger partial charge in [0.2, 0.25) is 0 Å². The predicted octanol–water partition coefficient (Wildman–Crippen LogP) is 2.70. The van der Waals surface area contributed by atoms with Gasteiger partial charge in [-0.15, -0.1) is 10.2 Å². The van der Waals surface area contributed by atoms with Crippen LogP contribution in [0.25, 0.3) is 5.69 Å². The number of anilines is 1. The van der Waals surface area contributed by atoms with E-state index in [-0.39, 0.29) is 17.7 Å². The van der Waals surface area contributed by atoms with Gasteiger partial charge in [0, 0.05) is 12.1 Å². The molecule has 3 aromatic rings. The average Bonchev–Trinajstić information content (AvgIpc) is 3.36. The lowest BCUT2D eigenvalue weighted by Gasteiger charge is -2.42. The third kappa shape index (κ3) is 2.31. The molecular weight excluding hydrogens is 340 g/mol. The summed E-state index contributed by atoms with van der Waals surface area (Å²) in [7, 11) is 0. The monoisotopic (exact) mass is 360 g/mol. The number of hydrogen-bond acceptors (Lipinski definition) is 6. The summed E-state index contributed by atoms with van der Waals surface area (Å²) in [6.07, 6.45) is 6.78. The van der Waals surface area contributed by atoms with Crippen molar-refractivity contribution in [2.45, 2.75) is 38.1 Å². The van der Waals surface area contributed by atoms with Gasteiger partial charge in [0.1, 0.15) is 23.4 Å². The van der Waals surface area contributed by atoms with E-state index in [2.05, 4.69) is 27.0 Å². The Morgan fingerprint density at radius 1 is 1.26 bits per heavy atom. The summed E-state index contributed by atoms with van der Waals surface area (Å²) in [5.41, 5.74) is 1.40. The second kappa shape index (κ2) is 5.97. The number of fused-ring (bicyclic) bond motifs is 6. The van der Waals surface area contributed by atoms with E-state index in [4.69, 9.17) is 4.98 Å². The Hall–Kier alpha value is -3.09. The first-order chi connectivity index (χ1) is 13.2. The van der Waals surface area contributed by atoms with Gasteiger partial charge in [0.15, 0.2) is 17.4 Å². The van der Waals surface area contributed by atoms with Crippen LogP contribution in [0.5, 0.6) is 0 Å². The fraction of sp³-hybridized carbons (Fsp3) is 0.350. The number of aromatic nitrogens is 5. The number of carbonyl (C=O) groups is 1. The molecule has 2 aromatic heterocycles. The quantitative estimate of drug-likeness (QED) is 0.666. The Kier molecular flexibility index (Phi) is 3.56. The van der Waals surface area contributed by atoms with Crippen molar-refractivity contribution in [2.75, 3.05) is 11.4 Å². The van der Waals surface area contributed by atoms with Gasteiger partial charge in [-0.1, -0.05) is 37.3 Å². The maximum atomic E-state index is 12.6. The minimum Gasteiger partial charge on any atom is -0.342 e. The lowest BCUT2D eigenvalue weighted by Crippen LogP contribution is -2.46. The lowest BCUT2D eigenvalue weighted by atomic mass is 9.90. The highest BCUT2D eigenvalue weighted by molar-refractivity contribution is 5.97. The molecule has 0 aliphatic carbocycles. The van der Waals surface area contributed by atoms with Crippen LogP contribution in [0.4, 0.5) is 5.82 Å². The topological polar surface area (TPSA) is 76.8 Å². The minimum atomic E-state index is -0.168. The second-order valence-corrected chi connectivity index (χ2v) is 7.13. The van der Waals surface area contributed by atoms with Crippen molar-refractivity contribution in [2.24, 2.45) is 0 Å². The second-order valence-electron chi connectivity index (χ2n) is 7.13. The highest BCUT2D eigenvalue weighted by Gasteiger charge is 2.49. The average molecular weight is 360 g/mol. The van der Waals surface area contributed by atoms with Gasteiger partial charge in [-0.3, -0.25) is 9.36 Å². The smallest absolute Gasteiger partial charge is 0.170 e. The molecule has 1 saturated heterocycles. The number of carbonyl (C=O) groups excluding carboxylic acids is 1. The molecule has 2 aliphatic rings. The van der Waals surface area contributed by atoms with Crippen LogP contribution in [0.1, 0.15) is 48.2 Å². The first-order valence-electron chi connectivity index (χ1n) is 9.35. The first-order valence-corrected chi connectivity index (χ1v) is 9.35. The molecule has 0 amide bonds. The van der Waals surface area contributed by atoms with E-state index in [9.17, 15) is 4.79 Å². The standard InChI is InChI=1S/C20H20N6O/c1-2-20-9-6-10-26(20)18-15(25-13-22-24-19(20)25)12-21-17(23-18)11-16(27)14-7-4-3-5-8-14/h3-5,7-8,12-13H,2,6,9-11H2,1H3/t20-/m0/s1.